The van der Waals surface area contributed by atoms with E-state index in [9.17, 15) is 9.90 Å². The first kappa shape index (κ1) is 20.5. The molecule has 1 amide bonds. The predicted octanol–water partition coefficient (Wildman–Crippen LogP) is 4.95. The number of hydrogen-bond donors (Lipinski definition) is 2. The molecule has 3 atom stereocenters. The highest BCUT2D eigenvalue weighted by Crippen LogP contribution is 2.52. The van der Waals surface area contributed by atoms with Crippen molar-refractivity contribution < 1.29 is 9.90 Å². The summed E-state index contributed by atoms with van der Waals surface area (Å²) in [6.45, 7) is 2.01. The van der Waals surface area contributed by atoms with Gasteiger partial charge in [-0.1, -0.05) is 90.2 Å². The number of benzene rings is 3. The van der Waals surface area contributed by atoms with E-state index in [1.165, 1.54) is 11.3 Å². The van der Waals surface area contributed by atoms with Crippen LogP contribution >= 0.6 is 11.3 Å². The normalized spacial score (nSPS) is 20.5. The molecule has 2 N–H and O–H groups in total. The molecule has 1 heterocycles. The van der Waals surface area contributed by atoms with Crippen molar-refractivity contribution in [2.24, 2.45) is 5.41 Å². The molecule has 0 saturated carbocycles. The maximum Gasteiger partial charge on any atom is 0.233 e. The van der Waals surface area contributed by atoms with Gasteiger partial charge in [-0.2, -0.15) is 0 Å². The topological polar surface area (TPSA) is 75.1 Å². The van der Waals surface area contributed by atoms with Gasteiger partial charge in [0.15, 0.2) is 0 Å². The molecule has 160 valence electrons. The Balaban J connectivity index is 1.57. The molecule has 1 unspecified atom stereocenters. The predicted molar refractivity (Wildman–Crippen MR) is 126 cm³/mol. The molecule has 0 aliphatic heterocycles. The van der Waals surface area contributed by atoms with Crippen molar-refractivity contribution in [2.45, 2.75) is 25.4 Å². The molecule has 1 aromatic heterocycles. The number of amides is 1. The number of aromatic nitrogens is 2. The van der Waals surface area contributed by atoms with Crippen molar-refractivity contribution >= 4 is 22.4 Å². The maximum absolute atomic E-state index is 13.5. The first-order valence-electron chi connectivity index (χ1n) is 10.5. The van der Waals surface area contributed by atoms with E-state index < -0.39 is 11.5 Å². The van der Waals surface area contributed by atoms with Gasteiger partial charge in [0.05, 0.1) is 5.41 Å². The molecular formula is C26H23N3O2S. The molecule has 0 spiro atoms. The number of aliphatic hydroxyl groups is 1. The van der Waals surface area contributed by atoms with Crippen LogP contribution in [0.2, 0.25) is 0 Å². The molecule has 32 heavy (non-hydrogen) atoms. The van der Waals surface area contributed by atoms with Crippen molar-refractivity contribution in [2.75, 3.05) is 5.32 Å². The van der Waals surface area contributed by atoms with Crippen LogP contribution in [0.1, 0.15) is 46.8 Å². The summed E-state index contributed by atoms with van der Waals surface area (Å²) >= 11 is 1.31. The van der Waals surface area contributed by atoms with Gasteiger partial charge in [-0.15, -0.1) is 10.2 Å². The van der Waals surface area contributed by atoms with E-state index in [1.807, 2.05) is 61.5 Å². The Morgan fingerprint density at radius 3 is 2.47 bits per heavy atom. The van der Waals surface area contributed by atoms with Crippen LogP contribution in [0.4, 0.5) is 5.13 Å². The summed E-state index contributed by atoms with van der Waals surface area (Å²) in [5.41, 5.74) is 5.85. The van der Waals surface area contributed by atoms with Gasteiger partial charge in [-0.05, 0) is 41.2 Å². The highest BCUT2D eigenvalue weighted by atomic mass is 32.1. The summed E-state index contributed by atoms with van der Waals surface area (Å²) in [5.74, 6) is -0.223. The highest BCUT2D eigenvalue weighted by molar-refractivity contribution is 7.13. The Morgan fingerprint density at radius 1 is 1.06 bits per heavy atom. The molecule has 0 bridgehead atoms. The lowest BCUT2D eigenvalue weighted by atomic mass is 9.73. The Labute approximate surface area is 190 Å². The average Bonchev–Trinajstić information content (AvgIpc) is 3.44. The van der Waals surface area contributed by atoms with Gasteiger partial charge < -0.3 is 10.4 Å². The van der Waals surface area contributed by atoms with Crippen molar-refractivity contribution in [3.63, 3.8) is 0 Å². The second-order valence-corrected chi connectivity index (χ2v) is 9.24. The van der Waals surface area contributed by atoms with Crippen molar-refractivity contribution in [1.29, 1.82) is 0 Å². The average molecular weight is 442 g/mol. The Morgan fingerprint density at radius 2 is 1.78 bits per heavy atom. The summed E-state index contributed by atoms with van der Waals surface area (Å²) in [7, 11) is 0. The molecule has 4 aromatic rings. The summed E-state index contributed by atoms with van der Waals surface area (Å²) in [4.78, 5) is 13.5. The van der Waals surface area contributed by atoms with Crippen LogP contribution in [0, 0.1) is 5.41 Å². The van der Waals surface area contributed by atoms with E-state index >= 15 is 0 Å². The lowest BCUT2D eigenvalue weighted by Crippen LogP contribution is -2.37. The first-order chi connectivity index (χ1) is 15.6. The molecule has 5 nitrogen and oxygen atoms in total. The second kappa shape index (κ2) is 8.30. The zero-order valence-corrected chi connectivity index (χ0v) is 18.4. The molecule has 3 aromatic carbocycles. The van der Waals surface area contributed by atoms with Crippen molar-refractivity contribution in [3.05, 3.63) is 112 Å². The lowest BCUT2D eigenvalue weighted by Gasteiger charge is -2.31. The summed E-state index contributed by atoms with van der Waals surface area (Å²) in [6.07, 6.45) is -0.117. The van der Waals surface area contributed by atoms with E-state index in [2.05, 4.69) is 39.8 Å². The van der Waals surface area contributed by atoms with Crippen molar-refractivity contribution in [3.8, 4) is 0 Å². The first-order valence-corrected chi connectivity index (χ1v) is 11.4. The monoisotopic (exact) mass is 441 g/mol. The molecule has 1 aliphatic rings. The number of rotatable bonds is 5. The fraction of sp³-hybridized carbons (Fsp3) is 0.192. The summed E-state index contributed by atoms with van der Waals surface area (Å²) < 4.78 is 0. The lowest BCUT2D eigenvalue weighted by molar-refractivity contribution is -0.125. The highest BCUT2D eigenvalue weighted by Gasteiger charge is 2.49. The smallest absolute Gasteiger partial charge is 0.233 e. The Bertz CT molecular complexity index is 1230. The Hall–Kier alpha value is -3.35. The standard InChI is InChI=1S/C26H23N3O2S/c1-26(24(31)28-25-29-27-16-32-25)15-20-13-12-19(23(30)18-10-6-3-7-11-18)14-21(20)22(26)17-8-4-2-5-9-17/h2-14,16,22-23,30H,15H2,1H3,(H,28,29,31)/t22-,23?,26+/m0/s1. The number of hydrogen-bond acceptors (Lipinski definition) is 5. The number of carbonyl (C=O) groups is 1. The number of nitrogens with zero attached hydrogens (tertiary/aromatic N) is 2. The maximum atomic E-state index is 13.5. The zero-order valence-electron chi connectivity index (χ0n) is 17.6. The van der Waals surface area contributed by atoms with Crippen LogP contribution in [-0.4, -0.2) is 21.2 Å². The van der Waals surface area contributed by atoms with Crippen molar-refractivity contribution in [1.82, 2.24) is 10.2 Å². The molecule has 1 aliphatic carbocycles. The van der Waals surface area contributed by atoms with Gasteiger partial charge in [-0.3, -0.25) is 4.79 Å². The third-order valence-electron chi connectivity index (χ3n) is 6.34. The van der Waals surface area contributed by atoms with E-state index in [0.29, 0.717) is 11.6 Å². The third kappa shape index (κ3) is 3.61. The van der Waals surface area contributed by atoms with Crippen LogP contribution in [0.15, 0.2) is 84.4 Å². The van der Waals surface area contributed by atoms with Crippen LogP contribution in [0.5, 0.6) is 0 Å². The van der Waals surface area contributed by atoms with Gasteiger partial charge in [0.2, 0.25) is 11.0 Å². The van der Waals surface area contributed by atoms with E-state index in [0.717, 1.165) is 27.8 Å². The minimum atomic E-state index is -0.722. The number of aliphatic hydroxyl groups excluding tert-OH is 1. The number of fused-ring (bicyclic) bond motifs is 1. The number of anilines is 1. The zero-order chi connectivity index (χ0) is 22.1. The SMILES string of the molecule is C[C@@]1(C(=O)Nc2nncs2)Cc2ccc(C(O)c3ccccc3)cc2[C@@H]1c1ccccc1. The molecule has 0 radical (unpaired) electrons. The fourth-order valence-electron chi connectivity index (χ4n) is 4.75. The number of nitrogens with one attached hydrogen (secondary N) is 1. The van der Waals surface area contributed by atoms with E-state index in [1.54, 1.807) is 5.51 Å². The minimum Gasteiger partial charge on any atom is -0.384 e. The van der Waals surface area contributed by atoms with Crippen LogP contribution in [0.3, 0.4) is 0 Å². The summed E-state index contributed by atoms with van der Waals surface area (Å²) in [5, 5.41) is 22.3. The molecule has 6 heteroatoms. The van der Waals surface area contributed by atoms with Gasteiger partial charge in [0.25, 0.3) is 0 Å². The quantitative estimate of drug-likeness (QED) is 0.459. The van der Waals surface area contributed by atoms with Gasteiger partial charge in [0, 0.05) is 5.92 Å². The molecule has 0 saturated heterocycles. The molecular weight excluding hydrogens is 418 g/mol. The minimum absolute atomic E-state index is 0.0792. The van der Waals surface area contributed by atoms with Crippen LogP contribution in [-0.2, 0) is 11.2 Å². The van der Waals surface area contributed by atoms with Crippen LogP contribution < -0.4 is 5.32 Å². The van der Waals surface area contributed by atoms with E-state index in [4.69, 9.17) is 0 Å². The second-order valence-electron chi connectivity index (χ2n) is 8.41. The fourth-order valence-corrected chi connectivity index (χ4v) is 5.19. The van der Waals surface area contributed by atoms with E-state index in [-0.39, 0.29) is 11.8 Å². The Kier molecular flexibility index (Phi) is 5.33. The molecule has 0 fully saturated rings. The molecule has 5 rings (SSSR count). The summed E-state index contributed by atoms with van der Waals surface area (Å²) in [6, 6.07) is 25.8. The van der Waals surface area contributed by atoms with Gasteiger partial charge in [-0.25, -0.2) is 0 Å². The van der Waals surface area contributed by atoms with Crippen LogP contribution in [0.25, 0.3) is 0 Å². The van der Waals surface area contributed by atoms with Gasteiger partial charge >= 0.3 is 0 Å². The third-order valence-corrected chi connectivity index (χ3v) is 6.95. The van der Waals surface area contributed by atoms with Gasteiger partial charge in [0.1, 0.15) is 11.6 Å². The largest absolute Gasteiger partial charge is 0.384 e. The number of carbonyl (C=O) groups excluding carboxylic acids is 1.